The number of methoxy groups -OCH3 is 1. The van der Waals surface area contributed by atoms with Crippen molar-refractivity contribution in [2.45, 2.75) is 12.5 Å². The highest BCUT2D eigenvalue weighted by Crippen LogP contribution is 2.24. The molecule has 0 aromatic heterocycles. The Morgan fingerprint density at radius 3 is 2.19 bits per heavy atom. The molecule has 2 aromatic rings. The van der Waals surface area contributed by atoms with Gasteiger partial charge in [-0.1, -0.05) is 18.2 Å². The predicted molar refractivity (Wildman–Crippen MR) is 89.5 cm³/mol. The molecule has 136 valence electrons. The van der Waals surface area contributed by atoms with Crippen LogP contribution in [-0.4, -0.2) is 41.2 Å². The fourth-order valence-corrected chi connectivity index (χ4v) is 2.27. The quantitative estimate of drug-likeness (QED) is 0.697. The Hall–Kier alpha value is -3.42. The second-order valence-corrected chi connectivity index (χ2v) is 5.39. The van der Waals surface area contributed by atoms with Gasteiger partial charge in [0.15, 0.2) is 0 Å². The van der Waals surface area contributed by atoms with Gasteiger partial charge in [0, 0.05) is 0 Å². The lowest BCUT2D eigenvalue weighted by atomic mass is 10.0. The van der Waals surface area contributed by atoms with E-state index in [4.69, 9.17) is 14.9 Å². The molecular formula is C18H16FNO6. The van der Waals surface area contributed by atoms with Crippen LogP contribution in [0.3, 0.4) is 0 Å². The molecule has 26 heavy (non-hydrogen) atoms. The minimum Gasteiger partial charge on any atom is -0.497 e. The molecular weight excluding hydrogens is 345 g/mol. The fraction of sp³-hybridized carbons (Fsp3) is 0.167. The summed E-state index contributed by atoms with van der Waals surface area (Å²) in [5.74, 6) is -4.12. The summed E-state index contributed by atoms with van der Waals surface area (Å²) in [6.07, 6.45) is -0.813. The van der Waals surface area contributed by atoms with Gasteiger partial charge in [-0.3, -0.25) is 9.59 Å². The van der Waals surface area contributed by atoms with Crippen molar-refractivity contribution in [2.75, 3.05) is 7.11 Å². The third-order valence-corrected chi connectivity index (χ3v) is 3.62. The van der Waals surface area contributed by atoms with Crippen LogP contribution >= 0.6 is 0 Å². The molecule has 0 bridgehead atoms. The van der Waals surface area contributed by atoms with E-state index in [0.717, 1.165) is 6.07 Å². The van der Waals surface area contributed by atoms with Gasteiger partial charge in [-0.05, 0) is 35.4 Å². The van der Waals surface area contributed by atoms with Gasteiger partial charge in [-0.25, -0.2) is 9.18 Å². The SMILES string of the molecule is COc1ccc(-c2ccc(C(=O)NC(CC(=O)O)C(=O)O)c(F)c2)cc1. The molecule has 1 atom stereocenters. The highest BCUT2D eigenvalue weighted by Gasteiger charge is 2.24. The average Bonchev–Trinajstić information content (AvgIpc) is 2.60. The van der Waals surface area contributed by atoms with Crippen molar-refractivity contribution in [3.63, 3.8) is 0 Å². The van der Waals surface area contributed by atoms with Crippen molar-refractivity contribution in [1.29, 1.82) is 0 Å². The number of carbonyl (C=O) groups excluding carboxylic acids is 1. The molecule has 1 unspecified atom stereocenters. The minimum atomic E-state index is -1.65. The summed E-state index contributed by atoms with van der Waals surface area (Å²) in [6, 6.07) is 9.07. The lowest BCUT2D eigenvalue weighted by Gasteiger charge is -2.13. The zero-order valence-corrected chi connectivity index (χ0v) is 13.7. The van der Waals surface area contributed by atoms with E-state index in [9.17, 15) is 18.8 Å². The van der Waals surface area contributed by atoms with E-state index >= 15 is 0 Å². The van der Waals surface area contributed by atoms with Crippen LogP contribution < -0.4 is 10.1 Å². The van der Waals surface area contributed by atoms with Crippen molar-refractivity contribution < 1.29 is 33.7 Å². The second-order valence-electron chi connectivity index (χ2n) is 5.39. The van der Waals surface area contributed by atoms with Gasteiger partial charge in [0.2, 0.25) is 0 Å². The first-order valence-electron chi connectivity index (χ1n) is 7.51. The van der Waals surface area contributed by atoms with Gasteiger partial charge in [-0.2, -0.15) is 0 Å². The summed E-state index contributed by atoms with van der Waals surface area (Å²) in [6.45, 7) is 0. The lowest BCUT2D eigenvalue weighted by Crippen LogP contribution is -2.42. The molecule has 0 spiro atoms. The highest BCUT2D eigenvalue weighted by atomic mass is 19.1. The van der Waals surface area contributed by atoms with E-state index in [1.807, 2.05) is 5.32 Å². The zero-order valence-electron chi connectivity index (χ0n) is 13.7. The van der Waals surface area contributed by atoms with Crippen LogP contribution in [0, 0.1) is 5.82 Å². The monoisotopic (exact) mass is 361 g/mol. The number of carboxylic acids is 2. The molecule has 1 amide bonds. The minimum absolute atomic E-state index is 0.376. The van der Waals surface area contributed by atoms with Gasteiger partial charge in [0.25, 0.3) is 5.91 Å². The number of carboxylic acid groups (broad SMARTS) is 2. The maximum atomic E-state index is 14.3. The summed E-state index contributed by atoms with van der Waals surface area (Å²) in [5, 5.41) is 19.6. The van der Waals surface area contributed by atoms with E-state index in [1.54, 1.807) is 24.3 Å². The molecule has 3 N–H and O–H groups in total. The number of benzene rings is 2. The Bertz CT molecular complexity index is 834. The van der Waals surface area contributed by atoms with Crippen molar-refractivity contribution in [2.24, 2.45) is 0 Å². The number of amides is 1. The van der Waals surface area contributed by atoms with Gasteiger partial charge < -0.3 is 20.3 Å². The van der Waals surface area contributed by atoms with Crippen molar-refractivity contribution in [3.8, 4) is 16.9 Å². The Kier molecular flexibility index (Phi) is 5.90. The average molecular weight is 361 g/mol. The predicted octanol–water partition coefficient (Wildman–Crippen LogP) is 2.16. The van der Waals surface area contributed by atoms with Crippen LogP contribution in [0.5, 0.6) is 5.75 Å². The Morgan fingerprint density at radius 2 is 1.69 bits per heavy atom. The van der Waals surface area contributed by atoms with E-state index in [-0.39, 0.29) is 5.56 Å². The molecule has 0 heterocycles. The second kappa shape index (κ2) is 8.11. The topological polar surface area (TPSA) is 113 Å². The van der Waals surface area contributed by atoms with Crippen LogP contribution in [0.2, 0.25) is 0 Å². The summed E-state index contributed by atoms with van der Waals surface area (Å²) >= 11 is 0. The van der Waals surface area contributed by atoms with E-state index in [0.29, 0.717) is 16.9 Å². The number of hydrogen-bond donors (Lipinski definition) is 3. The number of carbonyl (C=O) groups is 3. The first-order valence-corrected chi connectivity index (χ1v) is 7.51. The van der Waals surface area contributed by atoms with Crippen LogP contribution in [0.1, 0.15) is 16.8 Å². The van der Waals surface area contributed by atoms with Gasteiger partial charge in [-0.15, -0.1) is 0 Å². The van der Waals surface area contributed by atoms with E-state index in [2.05, 4.69) is 0 Å². The first-order chi connectivity index (χ1) is 12.3. The fourth-order valence-electron chi connectivity index (χ4n) is 2.27. The molecule has 8 heteroatoms. The molecule has 2 aromatic carbocycles. The number of hydrogen-bond acceptors (Lipinski definition) is 4. The van der Waals surface area contributed by atoms with Crippen LogP contribution in [0.4, 0.5) is 4.39 Å². The van der Waals surface area contributed by atoms with Crippen LogP contribution in [0.25, 0.3) is 11.1 Å². The summed E-state index contributed by atoms with van der Waals surface area (Å²) in [7, 11) is 1.52. The Balaban J connectivity index is 2.21. The number of nitrogens with one attached hydrogen (secondary N) is 1. The summed E-state index contributed by atoms with van der Waals surface area (Å²) < 4.78 is 19.3. The van der Waals surface area contributed by atoms with Crippen molar-refractivity contribution >= 4 is 17.8 Å². The largest absolute Gasteiger partial charge is 0.497 e. The zero-order chi connectivity index (χ0) is 19.3. The van der Waals surface area contributed by atoms with Gasteiger partial charge in [0.1, 0.15) is 17.6 Å². The van der Waals surface area contributed by atoms with Crippen LogP contribution in [0.15, 0.2) is 42.5 Å². The Morgan fingerprint density at radius 1 is 1.08 bits per heavy atom. The Labute approximate surface area is 148 Å². The number of rotatable bonds is 7. The lowest BCUT2D eigenvalue weighted by molar-refractivity contribution is -0.145. The normalized spacial score (nSPS) is 11.5. The number of ether oxygens (including phenoxy) is 1. The highest BCUT2D eigenvalue weighted by molar-refractivity contribution is 5.98. The molecule has 7 nitrogen and oxygen atoms in total. The third kappa shape index (κ3) is 4.56. The van der Waals surface area contributed by atoms with Gasteiger partial charge in [0.05, 0.1) is 19.1 Å². The third-order valence-electron chi connectivity index (χ3n) is 3.62. The van der Waals surface area contributed by atoms with E-state index < -0.39 is 36.1 Å². The molecule has 0 aliphatic rings. The molecule has 0 saturated carbocycles. The molecule has 0 aliphatic heterocycles. The molecule has 0 fully saturated rings. The summed E-state index contributed by atoms with van der Waals surface area (Å²) in [5.41, 5.74) is 0.840. The standard InChI is InChI=1S/C18H16FNO6/c1-26-12-5-2-10(3-6-12)11-4-7-13(14(19)8-11)17(23)20-15(18(24)25)9-16(21)22/h2-8,15H,9H2,1H3,(H,20,23)(H,21,22)(H,24,25). The van der Waals surface area contributed by atoms with Gasteiger partial charge >= 0.3 is 11.9 Å². The molecule has 2 rings (SSSR count). The first kappa shape index (κ1) is 18.9. The maximum absolute atomic E-state index is 14.3. The van der Waals surface area contributed by atoms with E-state index in [1.165, 1.54) is 19.2 Å². The van der Waals surface area contributed by atoms with Crippen LogP contribution in [-0.2, 0) is 9.59 Å². The molecule has 0 aliphatic carbocycles. The number of aliphatic carboxylic acids is 2. The van der Waals surface area contributed by atoms with Crippen molar-refractivity contribution in [3.05, 3.63) is 53.8 Å². The molecule has 0 radical (unpaired) electrons. The molecule has 0 saturated heterocycles. The summed E-state index contributed by atoms with van der Waals surface area (Å²) in [4.78, 5) is 33.7. The smallest absolute Gasteiger partial charge is 0.326 e. The number of halogens is 1. The van der Waals surface area contributed by atoms with Crippen molar-refractivity contribution in [1.82, 2.24) is 5.32 Å². The maximum Gasteiger partial charge on any atom is 0.326 e.